The molecule has 2 heteroatoms. The number of rotatable bonds is 2. The fraction of sp³-hybridized carbons (Fsp3) is 0.250. The summed E-state index contributed by atoms with van der Waals surface area (Å²) in [6.45, 7) is 0. The molecule has 1 aliphatic rings. The van der Waals surface area contributed by atoms with Crippen molar-refractivity contribution in [3.63, 3.8) is 0 Å². The zero-order valence-electron chi connectivity index (χ0n) is 12.5. The summed E-state index contributed by atoms with van der Waals surface area (Å²) in [6, 6.07) is 18.1. The van der Waals surface area contributed by atoms with E-state index >= 15 is 0 Å². The van der Waals surface area contributed by atoms with Crippen LogP contribution in [0.2, 0.25) is 0 Å². The third-order valence-electron chi connectivity index (χ3n) is 4.77. The zero-order chi connectivity index (χ0) is 14.9. The van der Waals surface area contributed by atoms with E-state index in [9.17, 15) is 4.79 Å². The Balaban J connectivity index is 2.04. The Bertz CT molecular complexity index is 858. The summed E-state index contributed by atoms with van der Waals surface area (Å²) >= 11 is 0. The molecule has 0 bridgehead atoms. The number of benzene rings is 2. The lowest BCUT2D eigenvalue weighted by atomic mass is 9.91. The lowest BCUT2D eigenvalue weighted by Crippen LogP contribution is -2.15. The second-order valence-corrected chi connectivity index (χ2v) is 6.14. The van der Waals surface area contributed by atoms with Gasteiger partial charge < -0.3 is 4.98 Å². The van der Waals surface area contributed by atoms with Crippen LogP contribution in [0.4, 0.5) is 0 Å². The summed E-state index contributed by atoms with van der Waals surface area (Å²) in [4.78, 5) is 16.6. The van der Waals surface area contributed by atoms with Crippen LogP contribution in [-0.4, -0.2) is 4.98 Å². The number of pyridine rings is 1. The molecule has 0 unspecified atom stereocenters. The highest BCUT2D eigenvalue weighted by atomic mass is 16.1. The highest BCUT2D eigenvalue weighted by Gasteiger charge is 2.24. The molecule has 2 nitrogen and oxygen atoms in total. The minimum atomic E-state index is 0.208. The van der Waals surface area contributed by atoms with Gasteiger partial charge in [-0.1, -0.05) is 55.3 Å². The summed E-state index contributed by atoms with van der Waals surface area (Å²) in [5.74, 6) is 0.392. The monoisotopic (exact) mass is 289 g/mol. The third kappa shape index (κ3) is 2.16. The predicted octanol–water partition coefficient (Wildman–Crippen LogP) is 4.85. The van der Waals surface area contributed by atoms with Gasteiger partial charge in [0, 0.05) is 16.5 Å². The van der Waals surface area contributed by atoms with Gasteiger partial charge in [-0.15, -0.1) is 0 Å². The molecule has 3 aromatic rings. The van der Waals surface area contributed by atoms with Gasteiger partial charge in [0.2, 0.25) is 0 Å². The first-order valence-electron chi connectivity index (χ1n) is 8.05. The maximum atomic E-state index is 13.1. The Labute approximate surface area is 129 Å². The fourth-order valence-corrected chi connectivity index (χ4v) is 3.69. The topological polar surface area (TPSA) is 32.9 Å². The van der Waals surface area contributed by atoms with Crippen LogP contribution in [0.1, 0.15) is 37.2 Å². The molecule has 0 radical (unpaired) electrons. The number of fused-ring (bicyclic) bond motifs is 1. The second-order valence-electron chi connectivity index (χ2n) is 6.14. The smallest absolute Gasteiger partial charge is 0.193 e. The number of aromatic amines is 1. The standard InChI is InChI=1S/C20H19NO/c22-20-16-12-6-7-13-17(16)21-19(15-10-2-1-3-11-15)18(20)14-8-4-5-9-14/h1-3,6-7,10-14H,4-5,8-9H2,(H,21,22). The molecule has 4 rings (SSSR count). The number of aromatic nitrogens is 1. The molecule has 1 saturated carbocycles. The van der Waals surface area contributed by atoms with Crippen LogP contribution in [0.25, 0.3) is 22.2 Å². The van der Waals surface area contributed by atoms with Crippen LogP contribution in [0.3, 0.4) is 0 Å². The van der Waals surface area contributed by atoms with Crippen molar-refractivity contribution in [3.05, 3.63) is 70.4 Å². The van der Waals surface area contributed by atoms with Crippen molar-refractivity contribution in [1.29, 1.82) is 0 Å². The number of hydrogen-bond donors (Lipinski definition) is 1. The lowest BCUT2D eigenvalue weighted by molar-refractivity contribution is 0.718. The molecule has 1 N–H and O–H groups in total. The van der Waals surface area contributed by atoms with Crippen molar-refractivity contribution < 1.29 is 0 Å². The van der Waals surface area contributed by atoms with Gasteiger partial charge in [0.1, 0.15) is 0 Å². The Morgan fingerprint density at radius 3 is 2.32 bits per heavy atom. The minimum Gasteiger partial charge on any atom is -0.354 e. The van der Waals surface area contributed by atoms with Crippen LogP contribution in [0, 0.1) is 0 Å². The zero-order valence-corrected chi connectivity index (χ0v) is 12.5. The third-order valence-corrected chi connectivity index (χ3v) is 4.77. The van der Waals surface area contributed by atoms with Crippen molar-refractivity contribution in [3.8, 4) is 11.3 Å². The van der Waals surface area contributed by atoms with Gasteiger partial charge in [0.25, 0.3) is 0 Å². The number of nitrogens with one attached hydrogen (secondary N) is 1. The van der Waals surface area contributed by atoms with Crippen LogP contribution >= 0.6 is 0 Å². The lowest BCUT2D eigenvalue weighted by Gasteiger charge is -2.16. The molecule has 0 spiro atoms. The summed E-state index contributed by atoms with van der Waals surface area (Å²) in [7, 11) is 0. The minimum absolute atomic E-state index is 0.208. The van der Waals surface area contributed by atoms with E-state index in [-0.39, 0.29) is 5.43 Å². The first kappa shape index (κ1) is 13.3. The largest absolute Gasteiger partial charge is 0.354 e. The van der Waals surface area contributed by atoms with E-state index in [1.54, 1.807) is 0 Å². The highest BCUT2D eigenvalue weighted by molar-refractivity contribution is 5.83. The predicted molar refractivity (Wildman–Crippen MR) is 91.2 cm³/mol. The van der Waals surface area contributed by atoms with Gasteiger partial charge in [0.05, 0.1) is 5.69 Å². The summed E-state index contributed by atoms with van der Waals surface area (Å²) < 4.78 is 0. The summed E-state index contributed by atoms with van der Waals surface area (Å²) in [6.07, 6.45) is 4.71. The van der Waals surface area contributed by atoms with Crippen molar-refractivity contribution >= 4 is 10.9 Å². The fourth-order valence-electron chi connectivity index (χ4n) is 3.69. The van der Waals surface area contributed by atoms with Crippen LogP contribution in [-0.2, 0) is 0 Å². The van der Waals surface area contributed by atoms with Crippen molar-refractivity contribution in [1.82, 2.24) is 4.98 Å². The average molecular weight is 289 g/mol. The number of H-pyrrole nitrogens is 1. The molecule has 0 saturated heterocycles. The van der Waals surface area contributed by atoms with E-state index < -0.39 is 0 Å². The molecule has 0 amide bonds. The van der Waals surface area contributed by atoms with E-state index in [4.69, 9.17) is 0 Å². The maximum Gasteiger partial charge on any atom is 0.193 e. The Morgan fingerprint density at radius 2 is 1.55 bits per heavy atom. The molecule has 22 heavy (non-hydrogen) atoms. The van der Waals surface area contributed by atoms with Gasteiger partial charge in [-0.3, -0.25) is 4.79 Å². The quantitative estimate of drug-likeness (QED) is 0.718. The number of hydrogen-bond acceptors (Lipinski definition) is 1. The maximum absolute atomic E-state index is 13.1. The molecule has 1 heterocycles. The molecular weight excluding hydrogens is 270 g/mol. The Hall–Kier alpha value is -2.35. The average Bonchev–Trinajstić information content (AvgIpc) is 3.10. The van der Waals surface area contributed by atoms with E-state index in [0.717, 1.165) is 40.6 Å². The summed E-state index contributed by atoms with van der Waals surface area (Å²) in [5.41, 5.74) is 4.24. The van der Waals surface area contributed by atoms with Gasteiger partial charge in [0.15, 0.2) is 5.43 Å². The Kier molecular flexibility index (Phi) is 3.30. The second kappa shape index (κ2) is 5.45. The Morgan fingerprint density at radius 1 is 0.864 bits per heavy atom. The molecule has 110 valence electrons. The summed E-state index contributed by atoms with van der Waals surface area (Å²) in [5, 5.41) is 0.809. The van der Waals surface area contributed by atoms with E-state index in [1.165, 1.54) is 12.8 Å². The van der Waals surface area contributed by atoms with Crippen molar-refractivity contribution in [2.24, 2.45) is 0 Å². The van der Waals surface area contributed by atoms with Gasteiger partial charge in [-0.05, 0) is 36.5 Å². The van der Waals surface area contributed by atoms with Gasteiger partial charge >= 0.3 is 0 Å². The number of para-hydroxylation sites is 1. The van der Waals surface area contributed by atoms with E-state index in [1.807, 2.05) is 42.5 Å². The van der Waals surface area contributed by atoms with E-state index in [2.05, 4.69) is 17.1 Å². The van der Waals surface area contributed by atoms with Crippen LogP contribution < -0.4 is 5.43 Å². The molecular formula is C20H19NO. The normalized spacial score (nSPS) is 15.5. The van der Waals surface area contributed by atoms with Crippen LogP contribution in [0.5, 0.6) is 0 Å². The molecule has 1 aromatic heterocycles. The first-order chi connectivity index (χ1) is 10.8. The van der Waals surface area contributed by atoms with Gasteiger partial charge in [-0.2, -0.15) is 0 Å². The van der Waals surface area contributed by atoms with E-state index in [0.29, 0.717) is 5.92 Å². The van der Waals surface area contributed by atoms with Crippen LogP contribution in [0.15, 0.2) is 59.4 Å². The molecule has 1 fully saturated rings. The molecule has 2 aromatic carbocycles. The van der Waals surface area contributed by atoms with Crippen molar-refractivity contribution in [2.45, 2.75) is 31.6 Å². The SMILES string of the molecule is O=c1c(C2CCCC2)c(-c2ccccc2)[nH]c2ccccc12. The highest BCUT2D eigenvalue weighted by Crippen LogP contribution is 2.37. The molecule has 0 atom stereocenters. The molecule has 1 aliphatic carbocycles. The first-order valence-corrected chi connectivity index (χ1v) is 8.05. The van der Waals surface area contributed by atoms with Crippen molar-refractivity contribution in [2.75, 3.05) is 0 Å². The molecule has 0 aliphatic heterocycles. The van der Waals surface area contributed by atoms with Gasteiger partial charge in [-0.25, -0.2) is 0 Å².